The number of nitrogens with zero attached hydrogens (tertiary/aromatic N) is 3. The lowest BCUT2D eigenvalue weighted by molar-refractivity contribution is 0.668. The Bertz CT molecular complexity index is 3540. The van der Waals surface area contributed by atoms with Crippen molar-refractivity contribution in [3.63, 3.8) is 0 Å². The standard InChI is InChI=1S/C51H29N3O3/c1-2-13-30(14-3-1)49-52-50(54-51(53-49)40-22-10-21-37-34-17-6-8-23-41(34)57-48(37)40)31-27-28-39-45(29-31)56-44-26-12-20-36(47(39)44)33-16-5-4-15-32(33)35-19-11-25-43-46(35)38-18-7-9-24-42(38)55-43/h1-29H. The topological polar surface area (TPSA) is 78.1 Å². The lowest BCUT2D eigenvalue weighted by Crippen LogP contribution is -2.00. The van der Waals surface area contributed by atoms with Crippen molar-refractivity contribution in [1.82, 2.24) is 15.0 Å². The van der Waals surface area contributed by atoms with Crippen LogP contribution in [-0.2, 0) is 0 Å². The molecule has 12 aromatic rings. The molecule has 0 radical (unpaired) electrons. The molecule has 266 valence electrons. The van der Waals surface area contributed by atoms with Crippen molar-refractivity contribution in [2.24, 2.45) is 0 Å². The van der Waals surface area contributed by atoms with Gasteiger partial charge in [-0.05, 0) is 64.7 Å². The van der Waals surface area contributed by atoms with Gasteiger partial charge in [0.25, 0.3) is 0 Å². The molecule has 0 saturated heterocycles. The van der Waals surface area contributed by atoms with E-state index in [1.54, 1.807) is 0 Å². The Morgan fingerprint density at radius 1 is 0.281 bits per heavy atom. The van der Waals surface area contributed by atoms with Crippen LogP contribution in [0.4, 0.5) is 0 Å². The second-order valence-corrected chi connectivity index (χ2v) is 14.3. The van der Waals surface area contributed by atoms with Crippen molar-refractivity contribution in [3.05, 3.63) is 176 Å². The Morgan fingerprint density at radius 2 is 0.772 bits per heavy atom. The van der Waals surface area contributed by atoms with Crippen LogP contribution in [0.3, 0.4) is 0 Å². The molecule has 4 aromatic heterocycles. The van der Waals surface area contributed by atoms with E-state index in [0.717, 1.165) is 105 Å². The molecule has 6 nitrogen and oxygen atoms in total. The third kappa shape index (κ3) is 4.94. The highest BCUT2D eigenvalue weighted by atomic mass is 16.3. The first-order chi connectivity index (χ1) is 28.2. The van der Waals surface area contributed by atoms with Gasteiger partial charge >= 0.3 is 0 Å². The Hall–Kier alpha value is -7.83. The van der Waals surface area contributed by atoms with E-state index in [1.165, 1.54) is 0 Å². The van der Waals surface area contributed by atoms with Gasteiger partial charge in [-0.1, -0.05) is 133 Å². The normalized spacial score (nSPS) is 11.9. The minimum atomic E-state index is 0.535. The summed E-state index contributed by atoms with van der Waals surface area (Å²) in [5.41, 5.74) is 11.8. The van der Waals surface area contributed by atoms with Gasteiger partial charge in [0.2, 0.25) is 0 Å². The number of benzene rings is 8. The van der Waals surface area contributed by atoms with E-state index in [4.69, 9.17) is 28.2 Å². The highest BCUT2D eigenvalue weighted by molar-refractivity contribution is 6.17. The van der Waals surface area contributed by atoms with Crippen molar-refractivity contribution >= 4 is 65.8 Å². The molecule has 0 amide bonds. The Labute approximate surface area is 325 Å². The molecule has 0 bridgehead atoms. The molecular formula is C51H29N3O3. The number of hydrogen-bond acceptors (Lipinski definition) is 6. The van der Waals surface area contributed by atoms with E-state index < -0.39 is 0 Å². The van der Waals surface area contributed by atoms with Gasteiger partial charge in [-0.25, -0.2) is 15.0 Å². The summed E-state index contributed by atoms with van der Waals surface area (Å²) in [6.07, 6.45) is 0. The predicted octanol–water partition coefficient (Wildman–Crippen LogP) is 13.9. The fourth-order valence-electron chi connectivity index (χ4n) is 8.41. The lowest BCUT2D eigenvalue weighted by atomic mass is 9.90. The SMILES string of the molecule is c1ccc(-c2nc(-c3ccc4c(c3)oc3cccc(-c5ccccc5-c5cccc6oc7ccccc7c56)c34)nc(-c3cccc4c3oc3ccccc34)n2)cc1. The van der Waals surface area contributed by atoms with Crippen LogP contribution < -0.4 is 0 Å². The fourth-order valence-corrected chi connectivity index (χ4v) is 8.41. The monoisotopic (exact) mass is 731 g/mol. The van der Waals surface area contributed by atoms with Gasteiger partial charge in [0, 0.05) is 43.4 Å². The first kappa shape index (κ1) is 31.5. The van der Waals surface area contributed by atoms with Gasteiger partial charge in [0.05, 0.1) is 5.56 Å². The quantitative estimate of drug-likeness (QED) is 0.175. The Kier molecular flexibility index (Phi) is 6.83. The van der Waals surface area contributed by atoms with Crippen LogP contribution in [0.5, 0.6) is 0 Å². The summed E-state index contributed by atoms with van der Waals surface area (Å²) in [6, 6.07) is 59.8. The highest BCUT2D eigenvalue weighted by Crippen LogP contribution is 2.44. The number of rotatable bonds is 5. The van der Waals surface area contributed by atoms with E-state index >= 15 is 0 Å². The predicted molar refractivity (Wildman–Crippen MR) is 229 cm³/mol. The third-order valence-electron chi connectivity index (χ3n) is 11.0. The van der Waals surface area contributed by atoms with Gasteiger partial charge < -0.3 is 13.3 Å². The van der Waals surface area contributed by atoms with E-state index in [9.17, 15) is 0 Å². The number of fused-ring (bicyclic) bond motifs is 9. The van der Waals surface area contributed by atoms with E-state index in [2.05, 4.69) is 84.9 Å². The number of furan rings is 3. The summed E-state index contributed by atoms with van der Waals surface area (Å²) < 4.78 is 19.4. The smallest absolute Gasteiger partial charge is 0.167 e. The average molecular weight is 732 g/mol. The lowest BCUT2D eigenvalue weighted by Gasteiger charge is -2.12. The minimum Gasteiger partial charge on any atom is -0.456 e. The maximum atomic E-state index is 6.66. The van der Waals surface area contributed by atoms with Gasteiger partial charge in [-0.3, -0.25) is 0 Å². The van der Waals surface area contributed by atoms with Crippen LogP contribution in [-0.4, -0.2) is 15.0 Å². The maximum absolute atomic E-state index is 6.66. The molecular weight excluding hydrogens is 703 g/mol. The zero-order valence-corrected chi connectivity index (χ0v) is 30.3. The molecule has 57 heavy (non-hydrogen) atoms. The molecule has 12 rings (SSSR count). The zero-order valence-electron chi connectivity index (χ0n) is 30.3. The van der Waals surface area contributed by atoms with Gasteiger partial charge in [-0.2, -0.15) is 0 Å². The Morgan fingerprint density at radius 3 is 1.51 bits per heavy atom. The molecule has 4 heterocycles. The summed E-state index contributed by atoms with van der Waals surface area (Å²) in [7, 11) is 0. The summed E-state index contributed by atoms with van der Waals surface area (Å²) in [5.74, 6) is 1.65. The maximum Gasteiger partial charge on any atom is 0.167 e. The number of aromatic nitrogens is 3. The van der Waals surface area contributed by atoms with E-state index in [1.807, 2.05) is 91.0 Å². The second kappa shape index (κ2) is 12.3. The zero-order chi connectivity index (χ0) is 37.5. The summed E-state index contributed by atoms with van der Waals surface area (Å²) in [6.45, 7) is 0. The molecule has 0 aliphatic heterocycles. The first-order valence-electron chi connectivity index (χ1n) is 18.9. The summed E-state index contributed by atoms with van der Waals surface area (Å²) in [4.78, 5) is 15.2. The van der Waals surface area contributed by atoms with E-state index in [0.29, 0.717) is 17.5 Å². The summed E-state index contributed by atoms with van der Waals surface area (Å²) >= 11 is 0. The van der Waals surface area contributed by atoms with Crippen molar-refractivity contribution in [2.45, 2.75) is 0 Å². The second-order valence-electron chi connectivity index (χ2n) is 14.3. The molecule has 0 atom stereocenters. The highest BCUT2D eigenvalue weighted by Gasteiger charge is 2.21. The van der Waals surface area contributed by atoms with Crippen molar-refractivity contribution in [2.75, 3.05) is 0 Å². The molecule has 0 unspecified atom stereocenters. The fraction of sp³-hybridized carbons (Fsp3) is 0. The third-order valence-corrected chi connectivity index (χ3v) is 11.0. The van der Waals surface area contributed by atoms with Gasteiger partial charge in [-0.15, -0.1) is 0 Å². The van der Waals surface area contributed by atoms with Crippen molar-refractivity contribution in [3.8, 4) is 56.4 Å². The molecule has 0 saturated carbocycles. The van der Waals surface area contributed by atoms with Gasteiger partial charge in [0.1, 0.15) is 33.5 Å². The van der Waals surface area contributed by atoms with Crippen LogP contribution in [0, 0.1) is 0 Å². The van der Waals surface area contributed by atoms with Gasteiger partial charge in [0.15, 0.2) is 17.5 Å². The molecule has 0 spiro atoms. The van der Waals surface area contributed by atoms with Crippen LogP contribution in [0.25, 0.3) is 122 Å². The molecule has 0 aliphatic carbocycles. The van der Waals surface area contributed by atoms with Crippen molar-refractivity contribution < 1.29 is 13.3 Å². The van der Waals surface area contributed by atoms with Crippen LogP contribution in [0.1, 0.15) is 0 Å². The molecule has 0 aliphatic rings. The van der Waals surface area contributed by atoms with Crippen LogP contribution in [0.2, 0.25) is 0 Å². The summed E-state index contributed by atoms with van der Waals surface area (Å²) in [5, 5.41) is 6.34. The van der Waals surface area contributed by atoms with Crippen LogP contribution >= 0.6 is 0 Å². The molecule has 0 N–H and O–H groups in total. The molecule has 8 aromatic carbocycles. The Balaban J connectivity index is 1.03. The number of para-hydroxylation sites is 3. The number of hydrogen-bond donors (Lipinski definition) is 0. The molecule has 0 fully saturated rings. The van der Waals surface area contributed by atoms with Crippen molar-refractivity contribution in [1.29, 1.82) is 0 Å². The average Bonchev–Trinajstić information content (AvgIpc) is 3.97. The first-order valence-corrected chi connectivity index (χ1v) is 18.9. The molecule has 6 heteroatoms. The minimum absolute atomic E-state index is 0.535. The largest absolute Gasteiger partial charge is 0.456 e. The van der Waals surface area contributed by atoms with E-state index in [-0.39, 0.29) is 0 Å². The van der Waals surface area contributed by atoms with Crippen LogP contribution in [0.15, 0.2) is 189 Å².